The van der Waals surface area contributed by atoms with Gasteiger partial charge < -0.3 is 10.4 Å². The summed E-state index contributed by atoms with van der Waals surface area (Å²) in [6.07, 6.45) is 6.17. The topological polar surface area (TPSA) is 67.2 Å². The number of anilines is 1. The van der Waals surface area contributed by atoms with Gasteiger partial charge in [-0.2, -0.15) is 16.9 Å². The predicted octanol–water partition coefficient (Wildman–Crippen LogP) is 1.31. The predicted molar refractivity (Wildman–Crippen MR) is 77.3 cm³/mol. The maximum Gasteiger partial charge on any atom is 0.283 e. The molecule has 2 rings (SSSR count). The van der Waals surface area contributed by atoms with E-state index < -0.39 is 0 Å². The largest absolute Gasteiger partial charge is 0.394 e. The van der Waals surface area contributed by atoms with E-state index >= 15 is 0 Å². The van der Waals surface area contributed by atoms with E-state index in [4.69, 9.17) is 5.11 Å². The van der Waals surface area contributed by atoms with Gasteiger partial charge in [0.1, 0.15) is 4.47 Å². The third-order valence-electron chi connectivity index (χ3n) is 3.14. The lowest BCUT2D eigenvalue weighted by molar-refractivity contribution is 0.266. The first kappa shape index (κ1) is 13.9. The Bertz CT molecular complexity index is 488. The Morgan fingerprint density at radius 3 is 2.94 bits per heavy atom. The first-order chi connectivity index (χ1) is 8.62. The van der Waals surface area contributed by atoms with Gasteiger partial charge in [0.15, 0.2) is 0 Å². The molecule has 1 aromatic rings. The van der Waals surface area contributed by atoms with Crippen LogP contribution in [0.4, 0.5) is 5.69 Å². The molecule has 0 saturated heterocycles. The third kappa shape index (κ3) is 2.89. The summed E-state index contributed by atoms with van der Waals surface area (Å²) in [5, 5.41) is 16.1. The van der Waals surface area contributed by atoms with E-state index in [-0.39, 0.29) is 18.7 Å². The van der Waals surface area contributed by atoms with E-state index in [1.807, 2.05) is 11.8 Å². The van der Waals surface area contributed by atoms with Crippen LogP contribution in [0, 0.1) is 0 Å². The van der Waals surface area contributed by atoms with Gasteiger partial charge in [-0.25, -0.2) is 4.68 Å². The van der Waals surface area contributed by atoms with Gasteiger partial charge in [-0.05, 0) is 35.0 Å². The summed E-state index contributed by atoms with van der Waals surface area (Å²) in [6.45, 7) is 0.964. The number of nitrogens with one attached hydrogen (secondary N) is 1. The Kier molecular flexibility index (Phi) is 4.34. The molecular weight excluding hydrogens is 318 g/mol. The quantitative estimate of drug-likeness (QED) is 0.821. The highest BCUT2D eigenvalue weighted by atomic mass is 79.9. The number of aromatic nitrogens is 2. The molecule has 0 unspecified atom stereocenters. The SMILES string of the molecule is CSC1(CNc2cnn(CCO)c(=O)c2Br)CC1. The van der Waals surface area contributed by atoms with Crippen molar-refractivity contribution >= 4 is 33.4 Å². The Morgan fingerprint density at radius 1 is 1.67 bits per heavy atom. The molecule has 0 bridgehead atoms. The summed E-state index contributed by atoms with van der Waals surface area (Å²) >= 11 is 5.15. The van der Waals surface area contributed by atoms with Crippen LogP contribution in [-0.2, 0) is 6.54 Å². The van der Waals surface area contributed by atoms with Crippen LogP contribution in [0.25, 0.3) is 0 Å². The summed E-state index contributed by atoms with van der Waals surface area (Å²) in [7, 11) is 0. The van der Waals surface area contributed by atoms with Crippen molar-refractivity contribution in [1.82, 2.24) is 9.78 Å². The van der Waals surface area contributed by atoms with E-state index in [2.05, 4.69) is 32.6 Å². The van der Waals surface area contributed by atoms with Crippen molar-refractivity contribution in [3.8, 4) is 0 Å². The molecule has 1 heterocycles. The van der Waals surface area contributed by atoms with Crippen LogP contribution >= 0.6 is 27.7 Å². The second-order valence-corrected chi connectivity index (χ2v) is 6.43. The zero-order valence-electron chi connectivity index (χ0n) is 10.1. The van der Waals surface area contributed by atoms with Crippen LogP contribution in [-0.4, -0.2) is 39.0 Å². The van der Waals surface area contributed by atoms with Crippen molar-refractivity contribution in [2.24, 2.45) is 0 Å². The van der Waals surface area contributed by atoms with Crippen LogP contribution < -0.4 is 10.9 Å². The number of rotatable bonds is 6. The summed E-state index contributed by atoms with van der Waals surface area (Å²) in [5.41, 5.74) is 0.498. The number of aliphatic hydroxyl groups excluding tert-OH is 1. The molecule has 0 radical (unpaired) electrons. The minimum Gasteiger partial charge on any atom is -0.394 e. The smallest absolute Gasteiger partial charge is 0.283 e. The number of hydrogen-bond acceptors (Lipinski definition) is 5. The molecule has 0 aromatic carbocycles. The molecule has 0 spiro atoms. The summed E-state index contributed by atoms with van der Waals surface area (Å²) in [4.78, 5) is 11.9. The Labute approximate surface area is 118 Å². The minimum atomic E-state index is -0.219. The van der Waals surface area contributed by atoms with Crippen LogP contribution in [0.1, 0.15) is 12.8 Å². The molecule has 0 atom stereocenters. The second-order valence-electron chi connectivity index (χ2n) is 4.36. The van der Waals surface area contributed by atoms with Gasteiger partial charge in [0.2, 0.25) is 0 Å². The molecule has 5 nitrogen and oxygen atoms in total. The lowest BCUT2D eigenvalue weighted by Gasteiger charge is -2.15. The average Bonchev–Trinajstić information content (AvgIpc) is 3.15. The molecule has 1 fully saturated rings. The normalized spacial score (nSPS) is 16.6. The molecule has 1 aliphatic carbocycles. The Morgan fingerprint density at radius 2 is 2.39 bits per heavy atom. The zero-order chi connectivity index (χ0) is 13.2. The van der Waals surface area contributed by atoms with Crippen molar-refractivity contribution in [2.45, 2.75) is 24.1 Å². The average molecular weight is 334 g/mol. The molecular formula is C11H16BrN3O2S. The second kappa shape index (κ2) is 5.63. The van der Waals surface area contributed by atoms with E-state index in [1.54, 1.807) is 6.20 Å². The highest BCUT2D eigenvalue weighted by Crippen LogP contribution is 2.47. The van der Waals surface area contributed by atoms with Crippen LogP contribution in [0.5, 0.6) is 0 Å². The fourth-order valence-corrected chi connectivity index (χ4v) is 2.87. The summed E-state index contributed by atoms with van der Waals surface area (Å²) in [5.74, 6) is 0. The summed E-state index contributed by atoms with van der Waals surface area (Å²) < 4.78 is 2.05. The van der Waals surface area contributed by atoms with Gasteiger partial charge in [-0.3, -0.25) is 4.79 Å². The fourth-order valence-electron chi connectivity index (χ4n) is 1.69. The van der Waals surface area contributed by atoms with Crippen LogP contribution in [0.2, 0.25) is 0 Å². The highest BCUT2D eigenvalue weighted by molar-refractivity contribution is 9.10. The first-order valence-electron chi connectivity index (χ1n) is 5.77. The van der Waals surface area contributed by atoms with Crippen molar-refractivity contribution in [3.05, 3.63) is 21.0 Å². The molecule has 0 amide bonds. The molecule has 1 aromatic heterocycles. The molecule has 2 N–H and O–H groups in total. The zero-order valence-corrected chi connectivity index (χ0v) is 12.6. The van der Waals surface area contributed by atoms with E-state index in [0.717, 1.165) is 12.2 Å². The van der Waals surface area contributed by atoms with Gasteiger partial charge in [-0.1, -0.05) is 0 Å². The van der Waals surface area contributed by atoms with Gasteiger partial charge in [0.05, 0.1) is 25.0 Å². The maximum absolute atomic E-state index is 11.9. The summed E-state index contributed by atoms with van der Waals surface area (Å²) in [6, 6.07) is 0. The standard InChI is InChI=1S/C11H16BrN3O2S/c1-18-11(2-3-11)7-13-8-6-14-15(4-5-16)10(17)9(8)12/h6,13,16H,2-5,7H2,1H3. The van der Waals surface area contributed by atoms with Crippen LogP contribution in [0.15, 0.2) is 15.5 Å². The number of thioether (sulfide) groups is 1. The molecule has 1 aliphatic rings. The molecule has 0 aliphatic heterocycles. The van der Waals surface area contributed by atoms with Crippen molar-refractivity contribution in [3.63, 3.8) is 0 Å². The Balaban J connectivity index is 2.10. The number of aliphatic hydroxyl groups is 1. The fraction of sp³-hybridized carbons (Fsp3) is 0.636. The molecule has 18 heavy (non-hydrogen) atoms. The van der Waals surface area contributed by atoms with Crippen molar-refractivity contribution in [1.29, 1.82) is 0 Å². The number of halogens is 1. The molecule has 100 valence electrons. The van der Waals surface area contributed by atoms with Crippen molar-refractivity contribution < 1.29 is 5.11 Å². The third-order valence-corrected chi connectivity index (χ3v) is 5.32. The molecule has 1 saturated carbocycles. The maximum atomic E-state index is 11.9. The van der Waals surface area contributed by atoms with E-state index in [1.165, 1.54) is 17.5 Å². The van der Waals surface area contributed by atoms with Crippen LogP contribution in [0.3, 0.4) is 0 Å². The minimum absolute atomic E-state index is 0.0955. The highest BCUT2D eigenvalue weighted by Gasteiger charge is 2.41. The van der Waals surface area contributed by atoms with Gasteiger partial charge in [0, 0.05) is 11.3 Å². The van der Waals surface area contributed by atoms with E-state index in [0.29, 0.717) is 9.22 Å². The van der Waals surface area contributed by atoms with Gasteiger partial charge in [-0.15, -0.1) is 0 Å². The van der Waals surface area contributed by atoms with Crippen molar-refractivity contribution in [2.75, 3.05) is 24.7 Å². The number of nitrogens with zero attached hydrogens (tertiary/aromatic N) is 2. The lowest BCUT2D eigenvalue weighted by Crippen LogP contribution is -2.27. The van der Waals surface area contributed by atoms with Gasteiger partial charge in [0.25, 0.3) is 5.56 Å². The first-order valence-corrected chi connectivity index (χ1v) is 7.79. The monoisotopic (exact) mass is 333 g/mol. The number of hydrogen-bond donors (Lipinski definition) is 2. The lowest BCUT2D eigenvalue weighted by atomic mass is 10.3. The Hall–Kier alpha value is -0.530. The van der Waals surface area contributed by atoms with E-state index in [9.17, 15) is 4.79 Å². The molecule has 7 heteroatoms. The van der Waals surface area contributed by atoms with Gasteiger partial charge >= 0.3 is 0 Å².